The van der Waals surface area contributed by atoms with E-state index in [1.165, 1.54) is 18.1 Å². The van der Waals surface area contributed by atoms with Crippen molar-refractivity contribution >= 4 is 11.8 Å². The first-order valence-corrected chi connectivity index (χ1v) is 14.1. The fourth-order valence-corrected chi connectivity index (χ4v) is 5.25. The molecule has 2 aliphatic rings. The summed E-state index contributed by atoms with van der Waals surface area (Å²) in [4.78, 5) is 29.8. The minimum Gasteiger partial charge on any atom is -0.493 e. The van der Waals surface area contributed by atoms with Crippen molar-refractivity contribution < 1.29 is 42.4 Å². The van der Waals surface area contributed by atoms with Gasteiger partial charge in [0.25, 0.3) is 0 Å². The fraction of sp³-hybridized carbons (Fsp3) is 0.533. The second-order valence-corrected chi connectivity index (χ2v) is 10.7. The molecule has 10 nitrogen and oxygen atoms in total. The molecule has 2 fully saturated rings. The van der Waals surface area contributed by atoms with E-state index in [4.69, 9.17) is 18.9 Å². The Morgan fingerprint density at radius 1 is 1.00 bits per heavy atom. The SMILES string of the molecule is COCC(=O)N1CCN(Cc2ccc(OCCCN3CCCC3=O)c(OC)c2)CC(O)(COc2ccc(F)c(F)c2)C1. The second kappa shape index (κ2) is 14.6. The van der Waals surface area contributed by atoms with Gasteiger partial charge in [-0.2, -0.15) is 0 Å². The maximum absolute atomic E-state index is 13.7. The van der Waals surface area contributed by atoms with Crippen LogP contribution in [0.25, 0.3) is 0 Å². The van der Waals surface area contributed by atoms with E-state index in [0.29, 0.717) is 57.1 Å². The maximum atomic E-state index is 13.7. The molecule has 1 atom stereocenters. The van der Waals surface area contributed by atoms with Crippen LogP contribution in [0.1, 0.15) is 24.8 Å². The molecule has 0 aromatic heterocycles. The standard InChI is InChI=1S/C30H39F2N3O7/c1-39-18-29(37)35-13-12-33(19-30(38,20-35)21-42-23-7-8-24(31)25(32)16-23)17-22-6-9-26(27(15-22)40-2)41-14-4-11-34-10-3-5-28(34)36/h6-9,15-16,38H,3-5,10-14,17-21H2,1-2H3. The molecule has 12 heteroatoms. The van der Waals surface area contributed by atoms with Gasteiger partial charge < -0.3 is 33.9 Å². The van der Waals surface area contributed by atoms with Crippen molar-refractivity contribution in [1.82, 2.24) is 14.7 Å². The Kier molecular flexibility index (Phi) is 10.9. The lowest BCUT2D eigenvalue weighted by molar-refractivity contribution is -0.138. The zero-order valence-corrected chi connectivity index (χ0v) is 24.2. The highest BCUT2D eigenvalue weighted by molar-refractivity contribution is 5.78. The van der Waals surface area contributed by atoms with Gasteiger partial charge in [-0.05, 0) is 42.7 Å². The molecule has 2 aliphatic heterocycles. The number of β-amino-alcohol motifs (C(OH)–C–C–N with tert-alkyl or cyclic N) is 1. The van der Waals surface area contributed by atoms with Crippen LogP contribution in [0.3, 0.4) is 0 Å². The van der Waals surface area contributed by atoms with Gasteiger partial charge in [-0.15, -0.1) is 0 Å². The molecule has 2 saturated heterocycles. The van der Waals surface area contributed by atoms with Crippen LogP contribution in [0.15, 0.2) is 36.4 Å². The second-order valence-electron chi connectivity index (χ2n) is 10.7. The Bertz CT molecular complexity index is 1230. The van der Waals surface area contributed by atoms with E-state index in [9.17, 15) is 23.5 Å². The lowest BCUT2D eigenvalue weighted by Gasteiger charge is -2.33. The van der Waals surface area contributed by atoms with E-state index >= 15 is 0 Å². The molecule has 4 rings (SSSR count). The number of benzene rings is 2. The van der Waals surface area contributed by atoms with Crippen molar-refractivity contribution in [3.05, 3.63) is 53.6 Å². The minimum absolute atomic E-state index is 0.0194. The highest BCUT2D eigenvalue weighted by Gasteiger charge is 2.37. The van der Waals surface area contributed by atoms with Crippen molar-refractivity contribution in [1.29, 1.82) is 0 Å². The number of likely N-dealkylation sites (tertiary alicyclic amines) is 1. The number of halogens is 2. The molecule has 0 aliphatic carbocycles. The topological polar surface area (TPSA) is 101 Å². The number of rotatable bonds is 13. The zero-order chi connectivity index (χ0) is 30.1. The Labute approximate surface area is 244 Å². The largest absolute Gasteiger partial charge is 0.493 e. The molecule has 42 heavy (non-hydrogen) atoms. The summed E-state index contributed by atoms with van der Waals surface area (Å²) in [7, 11) is 2.99. The first kappa shape index (κ1) is 31.5. The number of nitrogens with zero attached hydrogens (tertiary/aromatic N) is 3. The highest BCUT2D eigenvalue weighted by Crippen LogP contribution is 2.29. The molecule has 1 N–H and O–H groups in total. The normalized spacial score (nSPS) is 19.6. The Hall–Kier alpha value is -3.48. The van der Waals surface area contributed by atoms with Gasteiger partial charge in [0.15, 0.2) is 23.1 Å². The van der Waals surface area contributed by atoms with Crippen LogP contribution in [0, 0.1) is 11.6 Å². The third-order valence-corrected chi connectivity index (χ3v) is 7.34. The summed E-state index contributed by atoms with van der Waals surface area (Å²) in [5.41, 5.74) is -0.600. The third kappa shape index (κ3) is 8.52. The maximum Gasteiger partial charge on any atom is 0.248 e. The van der Waals surface area contributed by atoms with Gasteiger partial charge in [-0.1, -0.05) is 6.07 Å². The summed E-state index contributed by atoms with van der Waals surface area (Å²) in [5, 5.41) is 11.6. The Morgan fingerprint density at radius 2 is 1.83 bits per heavy atom. The molecule has 0 bridgehead atoms. The lowest BCUT2D eigenvalue weighted by atomic mass is 10.0. The smallest absolute Gasteiger partial charge is 0.248 e. The quantitative estimate of drug-likeness (QED) is 0.355. The summed E-state index contributed by atoms with van der Waals surface area (Å²) in [5.74, 6) is -0.904. The van der Waals surface area contributed by atoms with Gasteiger partial charge in [-0.3, -0.25) is 14.5 Å². The molecule has 2 aromatic carbocycles. The first-order valence-electron chi connectivity index (χ1n) is 14.1. The van der Waals surface area contributed by atoms with Crippen LogP contribution in [-0.2, 0) is 20.9 Å². The fourth-order valence-electron chi connectivity index (χ4n) is 5.25. The molecule has 0 spiro atoms. The monoisotopic (exact) mass is 591 g/mol. The van der Waals surface area contributed by atoms with E-state index in [1.807, 2.05) is 28.0 Å². The number of aliphatic hydroxyl groups is 1. The molecule has 2 amide bonds. The minimum atomic E-state index is -1.51. The van der Waals surface area contributed by atoms with E-state index in [-0.39, 0.29) is 43.9 Å². The van der Waals surface area contributed by atoms with Gasteiger partial charge in [0, 0.05) is 58.9 Å². The van der Waals surface area contributed by atoms with Gasteiger partial charge in [0.1, 0.15) is 24.6 Å². The molecular formula is C30H39F2N3O7. The van der Waals surface area contributed by atoms with Crippen LogP contribution < -0.4 is 14.2 Å². The number of carbonyl (C=O) groups excluding carboxylic acids is 2. The predicted molar refractivity (Wildman–Crippen MR) is 149 cm³/mol. The molecular weight excluding hydrogens is 552 g/mol. The van der Waals surface area contributed by atoms with Crippen LogP contribution in [0.5, 0.6) is 17.2 Å². The van der Waals surface area contributed by atoms with Crippen molar-refractivity contribution in [3.8, 4) is 17.2 Å². The molecule has 0 saturated carbocycles. The van der Waals surface area contributed by atoms with Crippen molar-refractivity contribution in [2.24, 2.45) is 0 Å². The van der Waals surface area contributed by atoms with E-state index in [2.05, 4.69) is 0 Å². The predicted octanol–water partition coefficient (Wildman–Crippen LogP) is 2.47. The van der Waals surface area contributed by atoms with Crippen molar-refractivity contribution in [2.75, 3.05) is 73.3 Å². The summed E-state index contributed by atoms with van der Waals surface area (Å²) in [6.07, 6.45) is 2.24. The number of hydrogen-bond acceptors (Lipinski definition) is 8. The average molecular weight is 592 g/mol. The molecule has 230 valence electrons. The van der Waals surface area contributed by atoms with Crippen LogP contribution >= 0.6 is 0 Å². The van der Waals surface area contributed by atoms with Crippen LogP contribution in [0.2, 0.25) is 0 Å². The van der Waals surface area contributed by atoms with Gasteiger partial charge >= 0.3 is 0 Å². The number of carbonyl (C=O) groups is 2. The summed E-state index contributed by atoms with van der Waals surface area (Å²) >= 11 is 0. The van der Waals surface area contributed by atoms with Crippen LogP contribution in [0.4, 0.5) is 8.78 Å². The molecule has 1 unspecified atom stereocenters. The van der Waals surface area contributed by atoms with Gasteiger partial charge in [-0.25, -0.2) is 8.78 Å². The first-order chi connectivity index (χ1) is 20.2. The van der Waals surface area contributed by atoms with E-state index < -0.39 is 17.2 Å². The van der Waals surface area contributed by atoms with E-state index in [1.54, 1.807) is 7.11 Å². The van der Waals surface area contributed by atoms with Gasteiger partial charge in [0.2, 0.25) is 11.8 Å². The number of amides is 2. The summed E-state index contributed by atoms with van der Waals surface area (Å²) < 4.78 is 49.2. The number of methoxy groups -OCH3 is 2. The summed E-state index contributed by atoms with van der Waals surface area (Å²) in [6.45, 7) is 2.94. The van der Waals surface area contributed by atoms with Crippen LogP contribution in [-0.4, -0.2) is 111 Å². The number of hydrogen-bond donors (Lipinski definition) is 1. The lowest BCUT2D eigenvalue weighted by Crippen LogP contribution is -2.52. The number of ether oxygens (including phenoxy) is 4. The molecule has 2 aromatic rings. The van der Waals surface area contributed by atoms with Gasteiger partial charge in [0.05, 0.1) is 20.3 Å². The van der Waals surface area contributed by atoms with Crippen molar-refractivity contribution in [3.63, 3.8) is 0 Å². The highest BCUT2D eigenvalue weighted by atomic mass is 19.2. The van der Waals surface area contributed by atoms with E-state index in [0.717, 1.165) is 30.7 Å². The third-order valence-electron chi connectivity index (χ3n) is 7.34. The average Bonchev–Trinajstić information content (AvgIpc) is 3.30. The Balaban J connectivity index is 1.40. The molecule has 2 heterocycles. The van der Waals surface area contributed by atoms with Crippen molar-refractivity contribution in [2.45, 2.75) is 31.4 Å². The molecule has 0 radical (unpaired) electrons. The summed E-state index contributed by atoms with van der Waals surface area (Å²) in [6, 6.07) is 8.78. The zero-order valence-electron chi connectivity index (χ0n) is 24.2. The Morgan fingerprint density at radius 3 is 2.55 bits per heavy atom.